The Morgan fingerprint density at radius 1 is 0.964 bits per heavy atom. The molecule has 2 aliphatic rings. The van der Waals surface area contributed by atoms with Crippen LogP contribution in [0.1, 0.15) is 24.8 Å². The van der Waals surface area contributed by atoms with Gasteiger partial charge in [0.2, 0.25) is 0 Å². The molecule has 1 aliphatic carbocycles. The molecule has 0 aromatic heterocycles. The highest BCUT2D eigenvalue weighted by atomic mass is 32.2. The molecule has 1 heterocycles. The maximum atomic E-state index is 13.0. The molecule has 0 spiro atoms. The van der Waals surface area contributed by atoms with Gasteiger partial charge < -0.3 is 0 Å². The van der Waals surface area contributed by atoms with Crippen molar-refractivity contribution in [3.8, 4) is 0 Å². The predicted octanol–water partition coefficient (Wildman–Crippen LogP) is 3.57. The van der Waals surface area contributed by atoms with E-state index in [0.717, 1.165) is 17.6 Å². The number of rotatable bonds is 5. The Morgan fingerprint density at radius 2 is 1.64 bits per heavy atom. The first-order valence-electron chi connectivity index (χ1n) is 9.58. The molecule has 1 N–H and O–H groups in total. The van der Waals surface area contributed by atoms with Gasteiger partial charge in [0.05, 0.1) is 0 Å². The van der Waals surface area contributed by atoms with Gasteiger partial charge in [0.15, 0.2) is 5.78 Å². The number of fused-ring (bicyclic) bond motifs is 1. The molecule has 146 valence electrons. The summed E-state index contributed by atoms with van der Waals surface area (Å²) in [5, 5.41) is 0. The third-order valence-corrected chi connectivity index (χ3v) is 7.21. The van der Waals surface area contributed by atoms with Crippen molar-refractivity contribution in [3.63, 3.8) is 0 Å². The maximum Gasteiger partial charge on any atom is 0.301 e. The van der Waals surface area contributed by atoms with Gasteiger partial charge in [-0.15, -0.1) is 0 Å². The summed E-state index contributed by atoms with van der Waals surface area (Å²) in [6, 6.07) is 19.0. The van der Waals surface area contributed by atoms with Crippen LogP contribution in [-0.4, -0.2) is 31.6 Å². The second-order valence-corrected chi connectivity index (χ2v) is 9.31. The topological polar surface area (TPSA) is 66.5 Å². The van der Waals surface area contributed by atoms with Crippen LogP contribution >= 0.6 is 0 Å². The van der Waals surface area contributed by atoms with Crippen molar-refractivity contribution in [2.24, 2.45) is 5.41 Å². The number of allylic oxidation sites excluding steroid dienone is 1. The van der Waals surface area contributed by atoms with Crippen LogP contribution < -0.4 is 4.72 Å². The van der Waals surface area contributed by atoms with E-state index in [0.29, 0.717) is 38.0 Å². The molecule has 1 fully saturated rings. The number of para-hydroxylation sites is 1. The number of benzene rings is 2. The van der Waals surface area contributed by atoms with Crippen LogP contribution in [0.3, 0.4) is 0 Å². The molecule has 1 unspecified atom stereocenters. The third-order valence-electron chi connectivity index (χ3n) is 5.72. The first-order chi connectivity index (χ1) is 13.5. The van der Waals surface area contributed by atoms with Crippen molar-refractivity contribution in [2.45, 2.75) is 25.7 Å². The smallest absolute Gasteiger partial charge is 0.295 e. The minimum absolute atomic E-state index is 0.150. The zero-order valence-electron chi connectivity index (χ0n) is 15.7. The van der Waals surface area contributed by atoms with Crippen LogP contribution in [0.25, 0.3) is 0 Å². The summed E-state index contributed by atoms with van der Waals surface area (Å²) >= 11 is 0. The lowest BCUT2D eigenvalue weighted by Gasteiger charge is -2.46. The van der Waals surface area contributed by atoms with E-state index >= 15 is 0 Å². The molecule has 2 aromatic rings. The Kier molecular flexibility index (Phi) is 5.08. The van der Waals surface area contributed by atoms with Gasteiger partial charge >= 0.3 is 10.2 Å². The number of ketones is 1. The zero-order valence-corrected chi connectivity index (χ0v) is 16.5. The van der Waals surface area contributed by atoms with Crippen molar-refractivity contribution in [3.05, 3.63) is 77.9 Å². The molecule has 1 aliphatic heterocycles. The Balaban J connectivity index is 1.62. The molecule has 1 saturated heterocycles. The second kappa shape index (κ2) is 7.53. The molecular formula is C22H24N2O3S. The molecule has 0 bridgehead atoms. The number of hydrogen-bond acceptors (Lipinski definition) is 3. The first-order valence-corrected chi connectivity index (χ1v) is 11.0. The number of hydrogen-bond donors (Lipinski definition) is 1. The molecule has 6 heteroatoms. The highest BCUT2D eigenvalue weighted by Gasteiger charge is 2.44. The summed E-state index contributed by atoms with van der Waals surface area (Å²) in [6.07, 6.45) is 4.25. The Labute approximate surface area is 166 Å². The average Bonchev–Trinajstić information content (AvgIpc) is 2.69. The van der Waals surface area contributed by atoms with Crippen molar-refractivity contribution in [1.29, 1.82) is 0 Å². The fourth-order valence-corrected chi connectivity index (χ4v) is 5.60. The van der Waals surface area contributed by atoms with Gasteiger partial charge in [0, 0.05) is 30.6 Å². The van der Waals surface area contributed by atoms with E-state index in [9.17, 15) is 13.2 Å². The van der Waals surface area contributed by atoms with Gasteiger partial charge in [-0.25, -0.2) is 0 Å². The average molecular weight is 397 g/mol. The van der Waals surface area contributed by atoms with Gasteiger partial charge in [-0.2, -0.15) is 12.7 Å². The lowest BCUT2D eigenvalue weighted by Crippen LogP contribution is -2.51. The second-order valence-electron chi connectivity index (χ2n) is 7.64. The lowest BCUT2D eigenvalue weighted by molar-refractivity contribution is -0.116. The quantitative estimate of drug-likeness (QED) is 0.840. The largest absolute Gasteiger partial charge is 0.301 e. The van der Waals surface area contributed by atoms with Crippen LogP contribution in [0.15, 0.2) is 72.3 Å². The Morgan fingerprint density at radius 3 is 2.36 bits per heavy atom. The fraction of sp³-hybridized carbons (Fsp3) is 0.318. The van der Waals surface area contributed by atoms with E-state index in [1.807, 2.05) is 24.3 Å². The van der Waals surface area contributed by atoms with E-state index in [2.05, 4.69) is 16.9 Å². The van der Waals surface area contributed by atoms with Crippen LogP contribution in [0.5, 0.6) is 0 Å². The highest BCUT2D eigenvalue weighted by molar-refractivity contribution is 7.90. The summed E-state index contributed by atoms with van der Waals surface area (Å²) in [4.78, 5) is 12.0. The number of carbonyl (C=O) groups is 1. The molecule has 28 heavy (non-hydrogen) atoms. The summed E-state index contributed by atoms with van der Waals surface area (Å²) in [5.41, 5.74) is 2.50. The van der Waals surface area contributed by atoms with Crippen molar-refractivity contribution in [1.82, 2.24) is 4.31 Å². The van der Waals surface area contributed by atoms with E-state index in [1.54, 1.807) is 30.3 Å². The summed E-state index contributed by atoms with van der Waals surface area (Å²) in [7, 11) is -3.66. The Hall–Kier alpha value is -2.44. The van der Waals surface area contributed by atoms with Gasteiger partial charge in [0.1, 0.15) is 0 Å². The highest BCUT2D eigenvalue weighted by Crippen LogP contribution is 2.45. The van der Waals surface area contributed by atoms with Gasteiger partial charge in [-0.3, -0.25) is 9.52 Å². The van der Waals surface area contributed by atoms with Crippen LogP contribution in [0.4, 0.5) is 5.69 Å². The standard InChI is InChI=1S/C22H24N2O3S/c25-21-11-13-22(16-18-7-3-1-4-8-18)17-24(14-12-19(22)15-21)28(26,27)23-20-9-5-2-6-10-20/h1-10,15,23H,11-14,16-17H2. The molecule has 1 atom stereocenters. The number of nitrogens with one attached hydrogen (secondary N) is 1. The van der Waals surface area contributed by atoms with Crippen molar-refractivity contribution >= 4 is 21.7 Å². The number of anilines is 1. The summed E-state index contributed by atoms with van der Waals surface area (Å²) in [6.45, 7) is 0.779. The molecule has 5 nitrogen and oxygen atoms in total. The van der Waals surface area contributed by atoms with Gasteiger partial charge in [0.25, 0.3) is 0 Å². The Bertz CT molecular complexity index is 987. The molecule has 0 radical (unpaired) electrons. The number of carbonyl (C=O) groups excluding carboxylic acids is 1. The molecule has 4 rings (SSSR count). The normalized spacial score (nSPS) is 23.0. The van der Waals surface area contributed by atoms with Gasteiger partial charge in [-0.1, -0.05) is 54.1 Å². The van der Waals surface area contributed by atoms with E-state index in [4.69, 9.17) is 0 Å². The van der Waals surface area contributed by atoms with E-state index < -0.39 is 10.2 Å². The summed E-state index contributed by atoms with van der Waals surface area (Å²) in [5.74, 6) is 0.150. The SMILES string of the molecule is O=C1C=C2CCN(S(=O)(=O)Nc3ccccc3)CC2(Cc2ccccc2)CC1. The third kappa shape index (κ3) is 3.88. The van der Waals surface area contributed by atoms with Crippen molar-refractivity contribution < 1.29 is 13.2 Å². The zero-order chi connectivity index (χ0) is 19.6. The predicted molar refractivity (Wildman–Crippen MR) is 110 cm³/mol. The minimum Gasteiger partial charge on any atom is -0.295 e. The van der Waals surface area contributed by atoms with Gasteiger partial charge in [-0.05, 0) is 43.0 Å². The number of piperidine rings is 1. The van der Waals surface area contributed by atoms with Crippen LogP contribution in [0, 0.1) is 5.41 Å². The molecule has 0 saturated carbocycles. The maximum absolute atomic E-state index is 13.0. The van der Waals surface area contributed by atoms with Crippen LogP contribution in [-0.2, 0) is 21.4 Å². The monoisotopic (exact) mass is 396 g/mol. The molecule has 2 aromatic carbocycles. The first kappa shape index (κ1) is 18.9. The molecule has 0 amide bonds. The van der Waals surface area contributed by atoms with Crippen LogP contribution in [0.2, 0.25) is 0 Å². The van der Waals surface area contributed by atoms with E-state index in [-0.39, 0.29) is 11.2 Å². The van der Waals surface area contributed by atoms with Crippen molar-refractivity contribution in [2.75, 3.05) is 17.8 Å². The fourth-order valence-electron chi connectivity index (χ4n) is 4.29. The summed E-state index contributed by atoms with van der Waals surface area (Å²) < 4.78 is 30.3. The number of nitrogens with zero attached hydrogens (tertiary/aromatic N) is 1. The minimum atomic E-state index is -3.66. The molecular weight excluding hydrogens is 372 g/mol. The lowest BCUT2D eigenvalue weighted by atomic mass is 9.66. The van der Waals surface area contributed by atoms with E-state index in [1.165, 1.54) is 4.31 Å².